The van der Waals surface area contributed by atoms with Gasteiger partial charge in [-0.05, 0) is 38.1 Å². The summed E-state index contributed by atoms with van der Waals surface area (Å²) in [5, 5.41) is 6.20. The molecule has 0 unspecified atom stereocenters. The first-order chi connectivity index (χ1) is 12.5. The van der Waals surface area contributed by atoms with Gasteiger partial charge in [0.15, 0.2) is 5.82 Å². The van der Waals surface area contributed by atoms with E-state index in [4.69, 9.17) is 13.7 Å². The van der Waals surface area contributed by atoms with Crippen molar-refractivity contribution in [1.82, 2.24) is 10.1 Å². The Morgan fingerprint density at radius 3 is 2.77 bits per heavy atom. The van der Waals surface area contributed by atoms with E-state index in [1.54, 1.807) is 26.4 Å². The molecular weight excluding hydrogens is 354 g/mol. The van der Waals surface area contributed by atoms with E-state index in [9.17, 15) is 4.79 Å². The quantitative estimate of drug-likeness (QED) is 0.671. The van der Waals surface area contributed by atoms with Crippen LogP contribution in [0.2, 0.25) is 0 Å². The van der Waals surface area contributed by atoms with Gasteiger partial charge < -0.3 is 19.0 Å². The molecule has 136 valence electrons. The van der Waals surface area contributed by atoms with E-state index >= 15 is 0 Å². The number of oxazole rings is 1. The molecule has 1 atom stereocenters. The Labute approximate surface area is 155 Å². The summed E-state index contributed by atoms with van der Waals surface area (Å²) in [7, 11) is 1.62. The molecule has 2 aromatic heterocycles. The van der Waals surface area contributed by atoms with E-state index in [1.807, 2.05) is 31.2 Å². The number of methoxy groups -OCH3 is 1. The maximum absolute atomic E-state index is 12.2. The molecule has 0 spiro atoms. The molecule has 8 heteroatoms. The number of aryl methyl sites for hydroxylation is 1. The first kappa shape index (κ1) is 18.1. The van der Waals surface area contributed by atoms with Gasteiger partial charge in [0.25, 0.3) is 0 Å². The number of carbonyl (C=O) groups excluding carboxylic acids is 1. The molecule has 3 rings (SSSR count). The van der Waals surface area contributed by atoms with Gasteiger partial charge in [0.2, 0.25) is 11.8 Å². The highest BCUT2D eigenvalue weighted by atomic mass is 32.2. The average Bonchev–Trinajstić information content (AvgIpc) is 3.28. The fourth-order valence-corrected chi connectivity index (χ4v) is 2.94. The van der Waals surface area contributed by atoms with Gasteiger partial charge in [-0.25, -0.2) is 4.98 Å². The number of nitrogens with zero attached hydrogens (tertiary/aromatic N) is 2. The number of amides is 1. The number of nitrogens with one attached hydrogen (secondary N) is 1. The number of anilines is 1. The fraction of sp³-hybridized carbons (Fsp3) is 0.278. The van der Waals surface area contributed by atoms with Crippen LogP contribution in [0.1, 0.15) is 18.4 Å². The maximum atomic E-state index is 12.2. The molecule has 1 aromatic carbocycles. The highest BCUT2D eigenvalue weighted by molar-refractivity contribution is 7.99. The van der Waals surface area contributed by atoms with E-state index in [0.29, 0.717) is 23.2 Å². The molecule has 1 amide bonds. The van der Waals surface area contributed by atoms with Crippen LogP contribution in [0, 0.1) is 6.92 Å². The monoisotopic (exact) mass is 373 g/mol. The van der Waals surface area contributed by atoms with Gasteiger partial charge in [-0.15, -0.1) is 11.8 Å². The summed E-state index contributed by atoms with van der Waals surface area (Å²) in [6, 6.07) is 9.15. The molecule has 26 heavy (non-hydrogen) atoms. The summed E-state index contributed by atoms with van der Waals surface area (Å²) in [5.41, 5.74) is 1.65. The lowest BCUT2D eigenvalue weighted by molar-refractivity contribution is -0.115. The lowest BCUT2D eigenvalue weighted by Gasteiger charge is -2.08. The van der Waals surface area contributed by atoms with Crippen molar-refractivity contribution < 1.29 is 18.5 Å². The van der Waals surface area contributed by atoms with Crippen LogP contribution in [0.4, 0.5) is 5.82 Å². The van der Waals surface area contributed by atoms with Gasteiger partial charge in [-0.3, -0.25) is 4.79 Å². The number of ether oxygens (including phenoxy) is 1. The van der Waals surface area contributed by atoms with Crippen LogP contribution in [-0.4, -0.2) is 28.4 Å². The number of benzene rings is 1. The zero-order valence-corrected chi connectivity index (χ0v) is 15.5. The lowest BCUT2D eigenvalue weighted by atomic mass is 10.2. The van der Waals surface area contributed by atoms with Crippen molar-refractivity contribution in [3.05, 3.63) is 48.0 Å². The molecule has 0 bridgehead atoms. The molecular formula is C18H19N3O4S. The minimum atomic E-state index is -0.270. The predicted octanol–water partition coefficient (Wildman–Crippen LogP) is 3.91. The lowest BCUT2D eigenvalue weighted by Crippen LogP contribution is -2.22. The summed E-state index contributed by atoms with van der Waals surface area (Å²) < 4.78 is 15.6. The number of aromatic nitrogens is 2. The van der Waals surface area contributed by atoms with Gasteiger partial charge in [0, 0.05) is 17.4 Å². The third-order valence-corrected chi connectivity index (χ3v) is 4.79. The molecule has 0 aliphatic carbocycles. The van der Waals surface area contributed by atoms with Gasteiger partial charge >= 0.3 is 0 Å². The average molecular weight is 373 g/mol. The SMILES string of the molecule is COc1ccc(-c2nc(CS[C@H](C)C(=O)Nc3cc(C)on3)co2)cc1. The van der Waals surface area contributed by atoms with E-state index in [-0.39, 0.29) is 11.2 Å². The van der Waals surface area contributed by atoms with Crippen LogP contribution < -0.4 is 10.1 Å². The second-order valence-corrected chi connectivity index (χ2v) is 6.97. The van der Waals surface area contributed by atoms with E-state index < -0.39 is 0 Å². The second kappa shape index (κ2) is 8.09. The summed E-state index contributed by atoms with van der Waals surface area (Å²) in [4.78, 5) is 16.6. The molecule has 7 nitrogen and oxygen atoms in total. The molecule has 0 saturated carbocycles. The Balaban J connectivity index is 1.54. The van der Waals surface area contributed by atoms with Crippen LogP contribution in [0.25, 0.3) is 11.5 Å². The molecule has 0 aliphatic rings. The van der Waals surface area contributed by atoms with Crippen molar-refractivity contribution in [1.29, 1.82) is 0 Å². The highest BCUT2D eigenvalue weighted by Crippen LogP contribution is 2.24. The largest absolute Gasteiger partial charge is 0.497 e. The first-order valence-corrected chi connectivity index (χ1v) is 9.04. The van der Waals surface area contributed by atoms with Crippen molar-refractivity contribution in [3.63, 3.8) is 0 Å². The summed E-state index contributed by atoms with van der Waals surface area (Å²) in [5.74, 6) is 2.81. The van der Waals surface area contributed by atoms with E-state index in [2.05, 4.69) is 15.5 Å². The molecule has 0 fully saturated rings. The van der Waals surface area contributed by atoms with Crippen molar-refractivity contribution in [2.45, 2.75) is 24.9 Å². The Kier molecular flexibility index (Phi) is 5.62. The topological polar surface area (TPSA) is 90.4 Å². The Hall–Kier alpha value is -2.74. The number of thioether (sulfide) groups is 1. The summed E-state index contributed by atoms with van der Waals surface area (Å²) in [6.07, 6.45) is 1.61. The van der Waals surface area contributed by atoms with Crippen molar-refractivity contribution in [3.8, 4) is 17.2 Å². The molecule has 0 saturated heterocycles. The predicted molar refractivity (Wildman–Crippen MR) is 99.1 cm³/mol. The van der Waals surface area contributed by atoms with Crippen molar-refractivity contribution in [2.75, 3.05) is 12.4 Å². The third-order valence-electron chi connectivity index (χ3n) is 3.62. The summed E-state index contributed by atoms with van der Waals surface area (Å²) in [6.45, 7) is 3.60. The van der Waals surface area contributed by atoms with Crippen LogP contribution in [0.15, 0.2) is 45.5 Å². The van der Waals surface area contributed by atoms with Crippen LogP contribution in [0.5, 0.6) is 5.75 Å². The highest BCUT2D eigenvalue weighted by Gasteiger charge is 2.16. The molecule has 1 N–H and O–H groups in total. The smallest absolute Gasteiger partial charge is 0.238 e. The zero-order valence-electron chi connectivity index (χ0n) is 14.7. The first-order valence-electron chi connectivity index (χ1n) is 8.00. The number of hydrogen-bond acceptors (Lipinski definition) is 7. The van der Waals surface area contributed by atoms with Crippen LogP contribution >= 0.6 is 11.8 Å². The minimum absolute atomic E-state index is 0.137. The minimum Gasteiger partial charge on any atom is -0.497 e. The summed E-state index contributed by atoms with van der Waals surface area (Å²) >= 11 is 1.47. The third kappa shape index (κ3) is 4.45. The van der Waals surface area contributed by atoms with E-state index in [0.717, 1.165) is 17.0 Å². The number of carbonyl (C=O) groups is 1. The number of hydrogen-bond donors (Lipinski definition) is 1. The fourth-order valence-electron chi connectivity index (χ4n) is 2.18. The van der Waals surface area contributed by atoms with Crippen molar-refractivity contribution in [2.24, 2.45) is 0 Å². The maximum Gasteiger partial charge on any atom is 0.238 e. The molecule has 2 heterocycles. The zero-order chi connectivity index (χ0) is 18.5. The Morgan fingerprint density at radius 2 is 2.12 bits per heavy atom. The van der Waals surface area contributed by atoms with Crippen LogP contribution in [0.3, 0.4) is 0 Å². The van der Waals surface area contributed by atoms with Gasteiger partial charge in [0.05, 0.1) is 18.1 Å². The van der Waals surface area contributed by atoms with Gasteiger partial charge in [0.1, 0.15) is 17.8 Å². The number of rotatable bonds is 7. The van der Waals surface area contributed by atoms with Crippen molar-refractivity contribution >= 4 is 23.5 Å². The van der Waals surface area contributed by atoms with E-state index in [1.165, 1.54) is 11.8 Å². The molecule has 3 aromatic rings. The Morgan fingerprint density at radius 1 is 1.35 bits per heavy atom. The van der Waals surface area contributed by atoms with Gasteiger partial charge in [-0.2, -0.15) is 0 Å². The van der Waals surface area contributed by atoms with Crippen LogP contribution in [-0.2, 0) is 10.5 Å². The normalized spacial score (nSPS) is 12.0. The molecule has 0 aliphatic heterocycles. The second-order valence-electron chi connectivity index (χ2n) is 5.64. The standard InChI is InChI=1S/C18H19N3O4S/c1-11-8-16(21-25-11)20-17(22)12(2)26-10-14-9-24-18(19-14)13-4-6-15(23-3)7-5-13/h4-9,12H,10H2,1-3H3,(H,20,21,22)/t12-/m1/s1. The Bertz CT molecular complexity index is 873. The van der Waals surface area contributed by atoms with Gasteiger partial charge in [-0.1, -0.05) is 5.16 Å². The molecule has 0 radical (unpaired) electrons.